The van der Waals surface area contributed by atoms with E-state index in [9.17, 15) is 4.79 Å². The van der Waals surface area contributed by atoms with Gasteiger partial charge in [-0.1, -0.05) is 0 Å². The molecule has 3 aliphatic heterocycles. The van der Waals surface area contributed by atoms with E-state index in [2.05, 4.69) is 5.32 Å². The molecule has 1 saturated heterocycles. The van der Waals surface area contributed by atoms with Gasteiger partial charge >= 0.3 is 6.03 Å². The quantitative estimate of drug-likeness (QED) is 0.814. The van der Waals surface area contributed by atoms with E-state index >= 15 is 0 Å². The zero-order chi connectivity index (χ0) is 13.0. The highest BCUT2D eigenvalue weighted by Crippen LogP contribution is 2.45. The predicted molar refractivity (Wildman–Crippen MR) is 71.4 cm³/mol. The van der Waals surface area contributed by atoms with E-state index in [0.717, 1.165) is 19.5 Å². The average Bonchev–Trinajstić information content (AvgIpc) is 2.92. The Balaban J connectivity index is 1.78. The fourth-order valence-electron chi connectivity index (χ4n) is 3.10. The van der Waals surface area contributed by atoms with E-state index in [1.54, 1.807) is 16.2 Å². The first-order chi connectivity index (χ1) is 9.29. The first-order valence-corrected chi connectivity index (χ1v) is 7.71. The second-order valence-electron chi connectivity index (χ2n) is 4.93. The summed E-state index contributed by atoms with van der Waals surface area (Å²) in [6, 6.07) is -0.237. The maximum atomic E-state index is 12.1. The van der Waals surface area contributed by atoms with Gasteiger partial charge in [0.25, 0.3) is 0 Å². The van der Waals surface area contributed by atoms with Crippen molar-refractivity contribution in [1.82, 2.24) is 15.3 Å². The summed E-state index contributed by atoms with van der Waals surface area (Å²) in [5.74, 6) is 0. The van der Waals surface area contributed by atoms with Crippen molar-refractivity contribution < 1.29 is 13.6 Å². The Kier molecular flexibility index (Phi) is 2.75. The summed E-state index contributed by atoms with van der Waals surface area (Å²) in [6.45, 7) is 3.23. The molecule has 2 amide bonds. The third kappa shape index (κ3) is 1.64. The lowest BCUT2D eigenvalue weighted by Gasteiger charge is -2.23. The van der Waals surface area contributed by atoms with Crippen LogP contribution in [-0.4, -0.2) is 33.6 Å². The molecule has 0 aromatic carbocycles. The molecule has 102 valence electrons. The number of nitrogens with zero attached hydrogens (tertiary/aromatic N) is 2. The van der Waals surface area contributed by atoms with Crippen LogP contribution in [0.1, 0.15) is 26.9 Å². The van der Waals surface area contributed by atoms with Gasteiger partial charge < -0.3 is 14.8 Å². The first-order valence-electron chi connectivity index (χ1n) is 6.20. The number of amides is 2. The highest BCUT2D eigenvalue weighted by molar-refractivity contribution is 7.88. The van der Waals surface area contributed by atoms with Crippen molar-refractivity contribution in [2.75, 3.05) is 13.1 Å². The van der Waals surface area contributed by atoms with E-state index in [-0.39, 0.29) is 24.4 Å². The number of fused-ring (bicyclic) bond motifs is 6. The van der Waals surface area contributed by atoms with Crippen LogP contribution >= 0.6 is 23.7 Å². The van der Waals surface area contributed by atoms with Gasteiger partial charge in [-0.15, -0.1) is 11.3 Å². The highest BCUT2D eigenvalue weighted by atomic mass is 32.2. The summed E-state index contributed by atoms with van der Waals surface area (Å²) < 4.78 is 13.9. The molecule has 1 aromatic heterocycles. The zero-order valence-electron chi connectivity index (χ0n) is 10.1. The number of urea groups is 1. The second-order valence-corrected chi connectivity index (χ2v) is 6.36. The zero-order valence-corrected chi connectivity index (χ0v) is 11.7. The van der Waals surface area contributed by atoms with Crippen molar-refractivity contribution in [3.8, 4) is 0 Å². The number of carbonyl (C=O) groups is 1. The molecule has 0 spiro atoms. The molecule has 8 heteroatoms. The Bertz CT molecular complexity index is 548. The summed E-state index contributed by atoms with van der Waals surface area (Å²) in [5, 5.41) is 4.69. The Hall–Kier alpha value is -0.800. The lowest BCUT2D eigenvalue weighted by molar-refractivity contribution is -0.0124. The van der Waals surface area contributed by atoms with Crippen molar-refractivity contribution in [2.24, 2.45) is 0 Å². The minimum Gasteiger partial charge on any atom is -0.316 e. The topological polar surface area (TPSA) is 65.0 Å². The molecule has 0 aliphatic carbocycles. The van der Waals surface area contributed by atoms with Gasteiger partial charge in [0, 0.05) is 29.4 Å². The van der Waals surface area contributed by atoms with E-state index < -0.39 is 0 Å². The van der Waals surface area contributed by atoms with Gasteiger partial charge in [-0.3, -0.25) is 0 Å². The molecule has 1 fully saturated rings. The molecule has 6 nitrogen and oxygen atoms in total. The third-order valence-electron chi connectivity index (χ3n) is 3.96. The largest absolute Gasteiger partial charge is 0.346 e. The van der Waals surface area contributed by atoms with E-state index in [1.165, 1.54) is 25.9 Å². The van der Waals surface area contributed by atoms with Gasteiger partial charge in [-0.05, 0) is 17.5 Å². The molecule has 3 aliphatic rings. The van der Waals surface area contributed by atoms with Gasteiger partial charge in [-0.25, -0.2) is 4.79 Å². The average molecular weight is 299 g/mol. The van der Waals surface area contributed by atoms with Crippen molar-refractivity contribution in [3.63, 3.8) is 0 Å². The Labute approximate surface area is 118 Å². The maximum Gasteiger partial charge on any atom is 0.346 e. The van der Waals surface area contributed by atoms with Crippen molar-refractivity contribution in [1.29, 1.82) is 0 Å². The molecule has 1 aromatic rings. The monoisotopic (exact) mass is 299 g/mol. The van der Waals surface area contributed by atoms with Crippen LogP contribution in [0.15, 0.2) is 0 Å². The Morgan fingerprint density at radius 1 is 1.47 bits per heavy atom. The third-order valence-corrected chi connectivity index (χ3v) is 5.63. The minimum atomic E-state index is -0.160. The summed E-state index contributed by atoms with van der Waals surface area (Å²) in [4.78, 5) is 16.5. The predicted octanol–water partition coefficient (Wildman–Crippen LogP) is 1.74. The fraction of sp³-hybridized carbons (Fsp3) is 0.545. The number of nitrogens with one attached hydrogen (secondary N) is 1. The Morgan fingerprint density at radius 3 is 3.21 bits per heavy atom. The second kappa shape index (κ2) is 4.35. The molecular weight excluding hydrogens is 286 g/mol. The van der Waals surface area contributed by atoms with Gasteiger partial charge in [0.15, 0.2) is 12.3 Å². The number of hydroxylamine groups is 2. The minimum absolute atomic E-state index is 0.0773. The molecule has 0 saturated carbocycles. The van der Waals surface area contributed by atoms with Gasteiger partial charge in [0.2, 0.25) is 0 Å². The molecule has 0 radical (unpaired) electrons. The van der Waals surface area contributed by atoms with Crippen LogP contribution in [-0.2, 0) is 23.8 Å². The van der Waals surface area contributed by atoms with Crippen molar-refractivity contribution in [2.45, 2.75) is 25.6 Å². The standard InChI is InChI=1S/C11H13N3O3S2/c15-11-13-4-7-6-3-12-2-1-9(6)18-10(7)8(5-13)14(11)17-19-16/h8,12,16H,1-5H2. The fourth-order valence-corrected chi connectivity index (χ4v) is 4.75. The number of rotatable bonds is 2. The van der Waals surface area contributed by atoms with Crippen LogP contribution in [0.2, 0.25) is 0 Å². The summed E-state index contributed by atoms with van der Waals surface area (Å²) in [7, 11) is 0. The van der Waals surface area contributed by atoms with Crippen LogP contribution in [0.4, 0.5) is 4.79 Å². The van der Waals surface area contributed by atoms with Gasteiger partial charge in [-0.2, -0.15) is 9.35 Å². The number of thiophene rings is 1. The number of hydrogen-bond acceptors (Lipinski definition) is 6. The molecule has 4 heterocycles. The molecule has 1 atom stereocenters. The maximum absolute atomic E-state index is 12.1. The van der Waals surface area contributed by atoms with Crippen molar-refractivity contribution >= 4 is 29.7 Å². The SMILES string of the molecule is O=C1N2Cc3c(sc4c3CNCC4)C(C2)N1OSO. The van der Waals surface area contributed by atoms with Crippen molar-refractivity contribution in [3.05, 3.63) is 20.9 Å². The first kappa shape index (κ1) is 12.0. The van der Waals surface area contributed by atoms with Crippen LogP contribution in [0.25, 0.3) is 0 Å². The summed E-state index contributed by atoms with van der Waals surface area (Å²) in [6.07, 6.45) is 1.06. The molecule has 19 heavy (non-hydrogen) atoms. The van der Waals surface area contributed by atoms with Gasteiger partial charge in [0.1, 0.15) is 6.04 Å². The van der Waals surface area contributed by atoms with Crippen LogP contribution < -0.4 is 5.32 Å². The van der Waals surface area contributed by atoms with Crippen LogP contribution in [0.3, 0.4) is 0 Å². The smallest absolute Gasteiger partial charge is 0.316 e. The highest BCUT2D eigenvalue weighted by Gasteiger charge is 2.46. The number of hydrogen-bond donors (Lipinski definition) is 2. The molecular formula is C11H13N3O3S2. The van der Waals surface area contributed by atoms with Crippen LogP contribution in [0, 0.1) is 0 Å². The van der Waals surface area contributed by atoms with E-state index in [4.69, 9.17) is 8.84 Å². The lowest BCUT2D eigenvalue weighted by atomic mass is 9.99. The van der Waals surface area contributed by atoms with Gasteiger partial charge in [0.05, 0.1) is 6.54 Å². The lowest BCUT2D eigenvalue weighted by Crippen LogP contribution is -2.30. The number of carbonyl (C=O) groups excluding carboxylic acids is 1. The molecule has 1 unspecified atom stereocenters. The van der Waals surface area contributed by atoms with Crippen LogP contribution in [0.5, 0.6) is 0 Å². The Morgan fingerprint density at radius 2 is 2.37 bits per heavy atom. The van der Waals surface area contributed by atoms with E-state index in [1.807, 2.05) is 0 Å². The molecule has 2 N–H and O–H groups in total. The summed E-state index contributed by atoms with van der Waals surface area (Å²) in [5.41, 5.74) is 2.65. The molecule has 4 rings (SSSR count). The summed E-state index contributed by atoms with van der Waals surface area (Å²) >= 11 is 2.03. The normalized spacial score (nSPS) is 24.7. The molecule has 2 bridgehead atoms. The van der Waals surface area contributed by atoms with E-state index in [0.29, 0.717) is 13.1 Å².